The van der Waals surface area contributed by atoms with Gasteiger partial charge in [-0.3, -0.25) is 4.79 Å². The van der Waals surface area contributed by atoms with Gasteiger partial charge in [0.15, 0.2) is 0 Å². The molecule has 0 aliphatic carbocycles. The Morgan fingerprint density at radius 3 is 2.46 bits per heavy atom. The van der Waals surface area contributed by atoms with Crippen molar-refractivity contribution in [2.75, 3.05) is 13.2 Å². The van der Waals surface area contributed by atoms with Gasteiger partial charge >= 0.3 is 0 Å². The standard InChI is InChI=1S/C29H29F2N3O3/c1-18(35)34-27(14-22-11-23(30)15-24(31)12-22)28(36)17-33-26-8-9-37-29-7-6-21(13-25(26)29)10-19-2-4-20(16-32)5-3-19/h2-7,11-13,15,26-28,33,36H,8-10,14,17H2,1H3,(H,34,35). The topological polar surface area (TPSA) is 94.4 Å². The second kappa shape index (κ2) is 12.0. The minimum absolute atomic E-state index is 0.0796. The van der Waals surface area contributed by atoms with Gasteiger partial charge in [0.25, 0.3) is 0 Å². The number of halogens is 2. The van der Waals surface area contributed by atoms with Crippen molar-refractivity contribution in [3.63, 3.8) is 0 Å². The molecule has 0 radical (unpaired) electrons. The first kappa shape index (κ1) is 26.3. The molecule has 3 aromatic carbocycles. The van der Waals surface area contributed by atoms with E-state index < -0.39 is 23.8 Å². The number of aliphatic hydroxyl groups excluding tert-OH is 1. The van der Waals surface area contributed by atoms with E-state index in [1.807, 2.05) is 24.3 Å². The minimum Gasteiger partial charge on any atom is -0.493 e. The SMILES string of the molecule is CC(=O)NC(Cc1cc(F)cc(F)c1)C(O)CNC1CCOc2ccc(Cc3ccc(C#N)cc3)cc21. The second-order valence-corrected chi connectivity index (χ2v) is 9.31. The molecule has 192 valence electrons. The van der Waals surface area contributed by atoms with Crippen molar-refractivity contribution in [1.82, 2.24) is 10.6 Å². The van der Waals surface area contributed by atoms with Crippen molar-refractivity contribution in [2.24, 2.45) is 0 Å². The molecule has 8 heteroatoms. The Labute approximate surface area is 214 Å². The first-order chi connectivity index (χ1) is 17.8. The van der Waals surface area contributed by atoms with Crippen molar-refractivity contribution < 1.29 is 23.4 Å². The Bertz CT molecular complexity index is 1270. The zero-order valence-electron chi connectivity index (χ0n) is 20.5. The van der Waals surface area contributed by atoms with Gasteiger partial charge in [-0.2, -0.15) is 5.26 Å². The van der Waals surface area contributed by atoms with Crippen molar-refractivity contribution >= 4 is 5.91 Å². The molecule has 0 aromatic heterocycles. The van der Waals surface area contributed by atoms with Gasteiger partial charge in [0, 0.05) is 37.6 Å². The molecule has 6 nitrogen and oxygen atoms in total. The average molecular weight is 506 g/mol. The highest BCUT2D eigenvalue weighted by atomic mass is 19.1. The van der Waals surface area contributed by atoms with E-state index in [2.05, 4.69) is 22.8 Å². The summed E-state index contributed by atoms with van der Waals surface area (Å²) >= 11 is 0. The molecule has 3 aromatic rings. The van der Waals surface area contributed by atoms with Crippen LogP contribution >= 0.6 is 0 Å². The summed E-state index contributed by atoms with van der Waals surface area (Å²) in [6, 6.07) is 18.0. The van der Waals surface area contributed by atoms with Crippen LogP contribution in [0.1, 0.15) is 47.2 Å². The number of fused-ring (bicyclic) bond motifs is 1. The highest BCUT2D eigenvalue weighted by molar-refractivity contribution is 5.73. The molecule has 1 aliphatic rings. The van der Waals surface area contributed by atoms with E-state index in [0.29, 0.717) is 30.6 Å². The van der Waals surface area contributed by atoms with E-state index >= 15 is 0 Å². The lowest BCUT2D eigenvalue weighted by molar-refractivity contribution is -0.120. The number of nitrogens with one attached hydrogen (secondary N) is 2. The van der Waals surface area contributed by atoms with E-state index in [-0.39, 0.29) is 24.9 Å². The summed E-state index contributed by atoms with van der Waals surface area (Å²) in [4.78, 5) is 11.8. The lowest BCUT2D eigenvalue weighted by atomic mass is 9.95. The van der Waals surface area contributed by atoms with Crippen LogP contribution in [0.4, 0.5) is 8.78 Å². The number of aliphatic hydroxyl groups is 1. The number of rotatable bonds is 9. The summed E-state index contributed by atoms with van der Waals surface area (Å²) in [5, 5.41) is 26.0. The third-order valence-corrected chi connectivity index (χ3v) is 6.41. The normalized spacial score (nSPS) is 16.1. The van der Waals surface area contributed by atoms with E-state index in [4.69, 9.17) is 10.00 Å². The van der Waals surface area contributed by atoms with Crippen molar-refractivity contribution in [3.05, 3.63) is 100 Å². The smallest absolute Gasteiger partial charge is 0.217 e. The molecular weight excluding hydrogens is 476 g/mol. The summed E-state index contributed by atoms with van der Waals surface area (Å²) in [5.41, 5.74) is 4.12. The quantitative estimate of drug-likeness (QED) is 0.410. The predicted octanol–water partition coefficient (Wildman–Crippen LogP) is 3.95. The van der Waals surface area contributed by atoms with E-state index in [1.54, 1.807) is 12.1 Å². The summed E-state index contributed by atoms with van der Waals surface area (Å²) in [6.07, 6.45) is 0.475. The van der Waals surface area contributed by atoms with Crippen LogP contribution in [0.25, 0.3) is 0 Å². The van der Waals surface area contributed by atoms with Gasteiger partial charge in [-0.15, -0.1) is 0 Å². The molecule has 3 unspecified atom stereocenters. The molecule has 1 aliphatic heterocycles. The molecule has 0 bridgehead atoms. The van der Waals surface area contributed by atoms with Gasteiger partial charge in [0.2, 0.25) is 5.91 Å². The Morgan fingerprint density at radius 2 is 1.78 bits per heavy atom. The molecule has 0 saturated heterocycles. The molecule has 0 spiro atoms. The van der Waals surface area contributed by atoms with E-state index in [0.717, 1.165) is 28.5 Å². The molecule has 37 heavy (non-hydrogen) atoms. The van der Waals surface area contributed by atoms with Crippen molar-refractivity contribution in [2.45, 2.75) is 44.4 Å². The van der Waals surface area contributed by atoms with Crippen LogP contribution < -0.4 is 15.4 Å². The summed E-state index contributed by atoms with van der Waals surface area (Å²) in [6.45, 7) is 2.02. The fraction of sp³-hybridized carbons (Fsp3) is 0.310. The number of nitrogens with zero attached hydrogens (tertiary/aromatic N) is 1. The lowest BCUT2D eigenvalue weighted by Gasteiger charge is -2.30. The van der Waals surface area contributed by atoms with Crippen molar-refractivity contribution in [1.29, 1.82) is 5.26 Å². The summed E-state index contributed by atoms with van der Waals surface area (Å²) < 4.78 is 33.1. The molecular formula is C29H29F2N3O3. The first-order valence-corrected chi connectivity index (χ1v) is 12.2. The molecule has 1 amide bonds. The Hall–Kier alpha value is -3.80. The summed E-state index contributed by atoms with van der Waals surface area (Å²) in [5.74, 6) is -0.986. The van der Waals surface area contributed by atoms with Crippen LogP contribution in [0.2, 0.25) is 0 Å². The molecule has 1 heterocycles. The number of nitriles is 1. The van der Waals surface area contributed by atoms with Gasteiger partial charge in [-0.05, 0) is 59.9 Å². The molecule has 0 fully saturated rings. The van der Waals surface area contributed by atoms with Crippen LogP contribution in [0.15, 0.2) is 60.7 Å². The Kier molecular flexibility index (Phi) is 8.49. The zero-order valence-corrected chi connectivity index (χ0v) is 20.5. The van der Waals surface area contributed by atoms with Crippen LogP contribution in [-0.2, 0) is 17.6 Å². The number of amides is 1. The average Bonchev–Trinajstić information content (AvgIpc) is 2.86. The van der Waals surface area contributed by atoms with Gasteiger partial charge in [0.1, 0.15) is 17.4 Å². The third kappa shape index (κ3) is 7.13. The van der Waals surface area contributed by atoms with Crippen LogP contribution in [-0.4, -0.2) is 36.3 Å². The zero-order chi connectivity index (χ0) is 26.4. The van der Waals surface area contributed by atoms with Gasteiger partial charge in [0.05, 0.1) is 30.4 Å². The molecule has 4 rings (SSSR count). The Morgan fingerprint density at radius 1 is 1.08 bits per heavy atom. The number of carbonyl (C=O) groups is 1. The first-order valence-electron chi connectivity index (χ1n) is 12.2. The fourth-order valence-electron chi connectivity index (χ4n) is 4.63. The predicted molar refractivity (Wildman–Crippen MR) is 135 cm³/mol. The number of ether oxygens (including phenoxy) is 1. The van der Waals surface area contributed by atoms with Crippen LogP contribution in [0, 0.1) is 23.0 Å². The maximum atomic E-state index is 13.7. The van der Waals surface area contributed by atoms with E-state index in [9.17, 15) is 18.7 Å². The number of benzene rings is 3. The lowest BCUT2D eigenvalue weighted by Crippen LogP contribution is -2.48. The van der Waals surface area contributed by atoms with Crippen LogP contribution in [0.5, 0.6) is 5.75 Å². The number of hydrogen-bond donors (Lipinski definition) is 3. The monoisotopic (exact) mass is 505 g/mol. The molecule has 3 N–H and O–H groups in total. The minimum atomic E-state index is -0.997. The molecule has 0 saturated carbocycles. The fourth-order valence-corrected chi connectivity index (χ4v) is 4.63. The Balaban J connectivity index is 1.44. The van der Waals surface area contributed by atoms with Crippen molar-refractivity contribution in [3.8, 4) is 11.8 Å². The second-order valence-electron chi connectivity index (χ2n) is 9.31. The number of carbonyl (C=O) groups excluding carboxylic acids is 1. The summed E-state index contributed by atoms with van der Waals surface area (Å²) in [7, 11) is 0. The third-order valence-electron chi connectivity index (χ3n) is 6.41. The van der Waals surface area contributed by atoms with E-state index in [1.165, 1.54) is 19.1 Å². The van der Waals surface area contributed by atoms with Gasteiger partial charge in [-0.1, -0.05) is 24.3 Å². The van der Waals surface area contributed by atoms with Gasteiger partial charge in [-0.25, -0.2) is 8.78 Å². The maximum Gasteiger partial charge on any atom is 0.217 e. The van der Waals surface area contributed by atoms with Gasteiger partial charge < -0.3 is 20.5 Å². The number of hydrogen-bond acceptors (Lipinski definition) is 5. The largest absolute Gasteiger partial charge is 0.493 e. The molecule has 3 atom stereocenters. The highest BCUT2D eigenvalue weighted by Gasteiger charge is 2.26. The van der Waals surface area contributed by atoms with Crippen LogP contribution in [0.3, 0.4) is 0 Å². The maximum absolute atomic E-state index is 13.7. The highest BCUT2D eigenvalue weighted by Crippen LogP contribution is 2.33.